The minimum absolute atomic E-state index is 0.126. The van der Waals surface area contributed by atoms with Crippen LogP contribution in [0.15, 0.2) is 27.5 Å². The highest BCUT2D eigenvalue weighted by molar-refractivity contribution is 8.15. The molecule has 0 bridgehead atoms. The first kappa shape index (κ1) is 17.8. The van der Waals surface area contributed by atoms with Crippen LogP contribution >= 0.6 is 11.8 Å². The number of nitrogens with one attached hydrogen (secondary N) is 2. The van der Waals surface area contributed by atoms with Crippen LogP contribution in [0.5, 0.6) is 0 Å². The minimum atomic E-state index is -3.71. The van der Waals surface area contributed by atoms with Gasteiger partial charge in [0.25, 0.3) is 10.0 Å². The van der Waals surface area contributed by atoms with E-state index in [4.69, 9.17) is 0 Å². The number of sulfonamides is 1. The summed E-state index contributed by atoms with van der Waals surface area (Å²) in [6, 6.07) is 5.02. The third-order valence-corrected chi connectivity index (χ3v) is 5.57. The highest BCUT2D eigenvalue weighted by atomic mass is 32.2. The average Bonchev–Trinajstić information content (AvgIpc) is 2.43. The van der Waals surface area contributed by atoms with E-state index in [-0.39, 0.29) is 21.7 Å². The van der Waals surface area contributed by atoms with Crippen molar-refractivity contribution in [3.8, 4) is 0 Å². The molecule has 2 N–H and O–H groups in total. The number of amidine groups is 1. The highest BCUT2D eigenvalue weighted by Crippen LogP contribution is 2.30. The van der Waals surface area contributed by atoms with Crippen LogP contribution in [0.25, 0.3) is 0 Å². The number of hydrogen-bond acceptors (Lipinski definition) is 5. The van der Waals surface area contributed by atoms with Gasteiger partial charge in [-0.3, -0.25) is 4.79 Å². The van der Waals surface area contributed by atoms with Crippen molar-refractivity contribution in [2.45, 2.75) is 32.1 Å². The van der Waals surface area contributed by atoms with Crippen molar-refractivity contribution in [1.29, 1.82) is 0 Å². The Bertz CT molecular complexity index is 727. The number of aryl methyl sites for hydroxylation is 1. The Morgan fingerprint density at radius 1 is 1.39 bits per heavy atom. The summed E-state index contributed by atoms with van der Waals surface area (Å²) in [6.07, 6.45) is 0.913. The summed E-state index contributed by atoms with van der Waals surface area (Å²) in [5.74, 6) is 0.519. The van der Waals surface area contributed by atoms with Crippen molar-refractivity contribution in [3.05, 3.63) is 23.8 Å². The quantitative estimate of drug-likeness (QED) is 0.846. The fourth-order valence-corrected chi connectivity index (χ4v) is 4.06. The fourth-order valence-electron chi connectivity index (χ4n) is 2.01. The minimum Gasteiger partial charge on any atom is -0.355 e. The number of nitrogens with zero attached hydrogens (tertiary/aromatic N) is 1. The van der Waals surface area contributed by atoms with Gasteiger partial charge >= 0.3 is 0 Å². The van der Waals surface area contributed by atoms with Crippen LogP contribution in [-0.4, -0.2) is 31.8 Å². The molecular weight excluding hydrogens is 334 g/mol. The highest BCUT2D eigenvalue weighted by Gasteiger charge is 2.25. The van der Waals surface area contributed by atoms with Crippen LogP contribution in [0, 0.1) is 12.8 Å². The van der Waals surface area contributed by atoms with Gasteiger partial charge in [-0.25, -0.2) is 0 Å². The summed E-state index contributed by atoms with van der Waals surface area (Å²) >= 11 is 1.08. The Hall–Kier alpha value is -1.54. The van der Waals surface area contributed by atoms with Gasteiger partial charge in [-0.15, -0.1) is 4.40 Å². The van der Waals surface area contributed by atoms with Crippen LogP contribution in [0.4, 0.5) is 5.69 Å². The maximum absolute atomic E-state index is 12.1. The number of carbonyl (C=O) groups is 1. The smallest absolute Gasteiger partial charge is 0.286 e. The Balaban J connectivity index is 1.97. The maximum Gasteiger partial charge on any atom is 0.286 e. The van der Waals surface area contributed by atoms with Crippen molar-refractivity contribution in [2.24, 2.45) is 10.3 Å². The van der Waals surface area contributed by atoms with Gasteiger partial charge in [0.15, 0.2) is 5.17 Å². The fraction of sp³-hybridized carbons (Fsp3) is 0.467. The monoisotopic (exact) mass is 355 g/mol. The number of rotatable bonds is 5. The van der Waals surface area contributed by atoms with Crippen LogP contribution in [0.2, 0.25) is 0 Å². The first-order chi connectivity index (χ1) is 10.8. The number of carbonyl (C=O) groups excluding carboxylic acids is 1. The second kappa shape index (κ2) is 7.35. The molecule has 0 aromatic heterocycles. The molecule has 0 unspecified atom stereocenters. The molecule has 0 saturated heterocycles. The summed E-state index contributed by atoms with van der Waals surface area (Å²) in [6.45, 7) is 6.68. The lowest BCUT2D eigenvalue weighted by Crippen LogP contribution is -2.28. The summed E-state index contributed by atoms with van der Waals surface area (Å²) in [5.41, 5.74) is 1.45. The Morgan fingerprint density at radius 3 is 2.83 bits per heavy atom. The summed E-state index contributed by atoms with van der Waals surface area (Å²) in [5, 5.41) is 6.01. The molecule has 0 fully saturated rings. The van der Waals surface area contributed by atoms with Crippen molar-refractivity contribution < 1.29 is 13.2 Å². The lowest BCUT2D eigenvalue weighted by atomic mass is 10.1. The third-order valence-electron chi connectivity index (χ3n) is 3.24. The van der Waals surface area contributed by atoms with Crippen LogP contribution in [0.3, 0.4) is 0 Å². The number of fused-ring (bicyclic) bond motifs is 1. The van der Waals surface area contributed by atoms with E-state index in [1.54, 1.807) is 12.1 Å². The predicted molar refractivity (Wildman–Crippen MR) is 94.3 cm³/mol. The van der Waals surface area contributed by atoms with Gasteiger partial charge in [0.2, 0.25) is 5.91 Å². The van der Waals surface area contributed by atoms with E-state index < -0.39 is 10.0 Å². The van der Waals surface area contributed by atoms with Gasteiger partial charge in [-0.2, -0.15) is 8.42 Å². The number of benzene rings is 1. The van der Waals surface area contributed by atoms with E-state index in [1.165, 1.54) is 6.07 Å². The van der Waals surface area contributed by atoms with E-state index in [1.807, 2.05) is 6.92 Å². The zero-order valence-electron chi connectivity index (χ0n) is 13.4. The Morgan fingerprint density at radius 2 is 2.13 bits per heavy atom. The molecule has 0 saturated carbocycles. The maximum atomic E-state index is 12.1. The third kappa shape index (κ3) is 4.97. The number of thioether (sulfide) groups is 1. The molecule has 0 spiro atoms. The molecule has 23 heavy (non-hydrogen) atoms. The molecular formula is C15H21N3O3S2. The first-order valence-corrected chi connectivity index (χ1v) is 9.82. The van der Waals surface area contributed by atoms with E-state index in [0.717, 1.165) is 23.7 Å². The molecule has 2 rings (SSSR count). The molecule has 1 aromatic carbocycles. The van der Waals surface area contributed by atoms with Crippen molar-refractivity contribution in [2.75, 3.05) is 17.6 Å². The average molecular weight is 355 g/mol. The summed E-state index contributed by atoms with van der Waals surface area (Å²) < 4.78 is 28.0. The van der Waals surface area contributed by atoms with E-state index >= 15 is 0 Å². The zero-order chi connectivity index (χ0) is 17.0. The lowest BCUT2D eigenvalue weighted by molar-refractivity contribution is -0.118. The molecule has 1 amide bonds. The number of hydrogen-bond donors (Lipinski definition) is 2. The van der Waals surface area contributed by atoms with E-state index in [9.17, 15) is 13.2 Å². The Labute approximate surface area is 141 Å². The van der Waals surface area contributed by atoms with Crippen molar-refractivity contribution >= 4 is 38.5 Å². The molecule has 0 atom stereocenters. The van der Waals surface area contributed by atoms with Crippen LogP contribution in [0.1, 0.15) is 25.8 Å². The first-order valence-electron chi connectivity index (χ1n) is 7.40. The zero-order valence-corrected chi connectivity index (χ0v) is 15.1. The van der Waals surface area contributed by atoms with Gasteiger partial charge < -0.3 is 10.6 Å². The lowest BCUT2D eigenvalue weighted by Gasteiger charge is -2.18. The standard InChI is InChI=1S/C15H21N3O3S2/c1-10(2)6-7-16-14(19)9-22-15-17-12-8-11(3)4-5-13(12)23(20,21)18-15/h4-5,8,10H,6-7,9H2,1-3H3,(H,16,19)(H,17,18). The largest absolute Gasteiger partial charge is 0.355 e. The Kier molecular flexibility index (Phi) is 5.69. The van der Waals surface area contributed by atoms with E-state index in [2.05, 4.69) is 28.9 Å². The van der Waals surface area contributed by atoms with Crippen LogP contribution < -0.4 is 10.6 Å². The molecule has 1 aliphatic heterocycles. The molecule has 8 heteroatoms. The normalized spacial score (nSPS) is 15.6. The predicted octanol–water partition coefficient (Wildman–Crippen LogP) is 2.36. The molecule has 6 nitrogen and oxygen atoms in total. The summed E-state index contributed by atoms with van der Waals surface area (Å²) in [4.78, 5) is 11.9. The van der Waals surface area contributed by atoms with Gasteiger partial charge in [0, 0.05) is 6.54 Å². The number of amides is 1. The van der Waals surface area contributed by atoms with E-state index in [0.29, 0.717) is 18.2 Å². The van der Waals surface area contributed by atoms with Gasteiger partial charge in [0.05, 0.1) is 11.4 Å². The number of anilines is 1. The SMILES string of the molecule is Cc1ccc2c(c1)NC(SCC(=O)NCCC(C)C)=NS2(=O)=O. The van der Waals surface area contributed by atoms with Gasteiger partial charge in [0.1, 0.15) is 4.90 Å². The molecule has 1 aromatic rings. The van der Waals surface area contributed by atoms with Gasteiger partial charge in [-0.1, -0.05) is 31.7 Å². The second-order valence-electron chi connectivity index (χ2n) is 5.82. The van der Waals surface area contributed by atoms with Crippen molar-refractivity contribution in [3.63, 3.8) is 0 Å². The molecule has 0 aliphatic carbocycles. The summed E-state index contributed by atoms with van der Waals surface area (Å²) in [7, 11) is -3.71. The van der Waals surface area contributed by atoms with Crippen LogP contribution in [-0.2, 0) is 14.8 Å². The molecule has 1 aliphatic rings. The van der Waals surface area contributed by atoms with Crippen molar-refractivity contribution in [1.82, 2.24) is 5.32 Å². The molecule has 0 radical (unpaired) electrons. The second-order valence-corrected chi connectivity index (χ2v) is 8.35. The van der Waals surface area contributed by atoms with Gasteiger partial charge in [-0.05, 0) is 37.0 Å². The topological polar surface area (TPSA) is 87.6 Å². The molecule has 126 valence electrons. The molecule has 1 heterocycles.